The van der Waals surface area contributed by atoms with Crippen molar-refractivity contribution in [1.82, 2.24) is 9.97 Å². The number of allylic oxidation sites excluding steroid dienone is 1. The Morgan fingerprint density at radius 3 is 2.87 bits per heavy atom. The molecule has 1 aliphatic carbocycles. The third-order valence-electron chi connectivity index (χ3n) is 5.18. The minimum absolute atomic E-state index is 0.0872. The van der Waals surface area contributed by atoms with Crippen molar-refractivity contribution in [2.45, 2.75) is 12.0 Å². The summed E-state index contributed by atoms with van der Waals surface area (Å²) in [7, 11) is 0. The van der Waals surface area contributed by atoms with E-state index < -0.39 is 17.2 Å². The first-order valence-electron chi connectivity index (χ1n) is 9.41. The highest BCUT2D eigenvalue weighted by molar-refractivity contribution is 6.15. The van der Waals surface area contributed by atoms with E-state index in [1.807, 2.05) is 11.0 Å². The summed E-state index contributed by atoms with van der Waals surface area (Å²) in [5.74, 6) is 0.449. The molecule has 2 aliphatic heterocycles. The van der Waals surface area contributed by atoms with Gasteiger partial charge in [0.2, 0.25) is 0 Å². The standard InChI is InChI=1S/C21H18F2N6O/c22-13-1-2-16(15(23)10-13)30-17-9-12-11-27-20(21(25)5-3-14(24)4-6-21)28-18(12)29-8-7-26-19(17)29/h1-5,9-11H,6-8,24-25H2. The Kier molecular flexibility index (Phi) is 4.14. The van der Waals surface area contributed by atoms with Crippen LogP contribution in [0.3, 0.4) is 0 Å². The fourth-order valence-corrected chi connectivity index (χ4v) is 3.58. The predicted octanol–water partition coefficient (Wildman–Crippen LogP) is 2.36. The Bertz CT molecular complexity index is 1170. The first-order chi connectivity index (χ1) is 14.4. The van der Waals surface area contributed by atoms with E-state index in [9.17, 15) is 8.78 Å². The molecule has 7 nitrogen and oxygen atoms in total. The molecule has 1 unspecified atom stereocenters. The molecule has 3 heterocycles. The van der Waals surface area contributed by atoms with Crippen LogP contribution in [-0.4, -0.2) is 28.9 Å². The zero-order chi connectivity index (χ0) is 20.9. The van der Waals surface area contributed by atoms with Crippen molar-refractivity contribution < 1.29 is 13.5 Å². The van der Waals surface area contributed by atoms with Crippen LogP contribution in [0.25, 0.3) is 6.08 Å². The maximum Gasteiger partial charge on any atom is 0.173 e. The number of ether oxygens (including phenoxy) is 1. The normalized spacial score (nSPS) is 22.1. The average Bonchev–Trinajstić information content (AvgIpc) is 3.23. The minimum Gasteiger partial charge on any atom is -0.450 e. The van der Waals surface area contributed by atoms with Crippen LogP contribution in [0.2, 0.25) is 0 Å². The van der Waals surface area contributed by atoms with Crippen LogP contribution in [-0.2, 0) is 5.54 Å². The van der Waals surface area contributed by atoms with E-state index in [2.05, 4.69) is 9.98 Å². The maximum absolute atomic E-state index is 14.1. The van der Waals surface area contributed by atoms with Gasteiger partial charge in [0, 0.05) is 30.1 Å². The van der Waals surface area contributed by atoms with Gasteiger partial charge in [0.1, 0.15) is 11.6 Å². The molecule has 0 saturated heterocycles. The molecule has 0 amide bonds. The number of rotatable bonds is 3. The quantitative estimate of drug-likeness (QED) is 0.808. The molecule has 2 aromatic rings. The molecule has 1 atom stereocenters. The second-order valence-corrected chi connectivity index (χ2v) is 7.30. The van der Waals surface area contributed by atoms with E-state index >= 15 is 0 Å². The smallest absolute Gasteiger partial charge is 0.173 e. The first-order valence-corrected chi connectivity index (χ1v) is 9.41. The van der Waals surface area contributed by atoms with Gasteiger partial charge in [-0.05, 0) is 30.7 Å². The SMILES string of the molecule is NC1=CCC(N)(c2ncc3c(n2)N2CCN=C2C(Oc2ccc(F)cc2F)=C3)C=C1. The molecule has 0 fully saturated rings. The van der Waals surface area contributed by atoms with Crippen LogP contribution in [0, 0.1) is 11.6 Å². The third-order valence-corrected chi connectivity index (χ3v) is 5.18. The second kappa shape index (κ2) is 6.74. The summed E-state index contributed by atoms with van der Waals surface area (Å²) < 4.78 is 33.0. The van der Waals surface area contributed by atoms with Crippen LogP contribution >= 0.6 is 0 Å². The lowest BCUT2D eigenvalue weighted by molar-refractivity contribution is 0.418. The number of aromatic nitrogens is 2. The lowest BCUT2D eigenvalue weighted by Crippen LogP contribution is -2.40. The molecule has 0 spiro atoms. The number of hydrogen-bond donors (Lipinski definition) is 2. The Morgan fingerprint density at radius 1 is 1.23 bits per heavy atom. The summed E-state index contributed by atoms with van der Waals surface area (Å²) >= 11 is 0. The number of halogens is 2. The van der Waals surface area contributed by atoms with E-state index in [1.54, 1.807) is 24.4 Å². The number of amidine groups is 1. The Balaban J connectivity index is 1.52. The summed E-state index contributed by atoms with van der Waals surface area (Å²) in [5, 5.41) is 0. The van der Waals surface area contributed by atoms with Crippen molar-refractivity contribution in [3.05, 3.63) is 77.1 Å². The van der Waals surface area contributed by atoms with Gasteiger partial charge in [0.25, 0.3) is 0 Å². The van der Waals surface area contributed by atoms with Crippen molar-refractivity contribution in [1.29, 1.82) is 0 Å². The van der Waals surface area contributed by atoms with E-state index in [-0.39, 0.29) is 5.75 Å². The topological polar surface area (TPSA) is 103 Å². The summed E-state index contributed by atoms with van der Waals surface area (Å²) in [5.41, 5.74) is 12.8. The van der Waals surface area contributed by atoms with Crippen molar-refractivity contribution in [3.8, 4) is 5.75 Å². The highest BCUT2D eigenvalue weighted by atomic mass is 19.1. The van der Waals surface area contributed by atoms with Gasteiger partial charge in [0.05, 0.1) is 12.1 Å². The molecule has 1 aromatic carbocycles. The summed E-state index contributed by atoms with van der Waals surface area (Å²) in [6, 6.07) is 3.15. The van der Waals surface area contributed by atoms with Crippen molar-refractivity contribution in [3.63, 3.8) is 0 Å². The third kappa shape index (κ3) is 3.03. The van der Waals surface area contributed by atoms with E-state index in [4.69, 9.17) is 21.2 Å². The van der Waals surface area contributed by atoms with E-state index in [1.165, 1.54) is 6.07 Å². The number of anilines is 1. The van der Waals surface area contributed by atoms with E-state index in [0.29, 0.717) is 54.0 Å². The molecule has 1 aromatic heterocycles. The molecule has 9 heteroatoms. The minimum atomic E-state index is -0.855. The van der Waals surface area contributed by atoms with Gasteiger partial charge >= 0.3 is 0 Å². The number of fused-ring (bicyclic) bond motifs is 3. The number of hydrogen-bond acceptors (Lipinski definition) is 7. The molecule has 5 rings (SSSR count). The zero-order valence-corrected chi connectivity index (χ0v) is 15.8. The highest BCUT2D eigenvalue weighted by Gasteiger charge is 2.35. The number of aliphatic imine (C=N–C) groups is 1. The van der Waals surface area contributed by atoms with Gasteiger partial charge in [-0.15, -0.1) is 0 Å². The fourth-order valence-electron chi connectivity index (χ4n) is 3.58. The van der Waals surface area contributed by atoms with Gasteiger partial charge in [0.15, 0.2) is 29.0 Å². The number of nitrogens with zero attached hydrogens (tertiary/aromatic N) is 4. The zero-order valence-electron chi connectivity index (χ0n) is 15.8. The van der Waals surface area contributed by atoms with Crippen molar-refractivity contribution in [2.75, 3.05) is 18.0 Å². The summed E-state index contributed by atoms with van der Waals surface area (Å²) in [6.45, 7) is 1.12. The number of nitrogens with two attached hydrogens (primary N) is 2. The molecular formula is C21H18F2N6O. The molecule has 3 aliphatic rings. The first kappa shape index (κ1) is 18.4. The van der Waals surface area contributed by atoms with Crippen LogP contribution in [0.15, 0.2) is 59.1 Å². The monoisotopic (exact) mass is 408 g/mol. The predicted molar refractivity (Wildman–Crippen MR) is 109 cm³/mol. The molecular weight excluding hydrogens is 390 g/mol. The highest BCUT2D eigenvalue weighted by Crippen LogP contribution is 2.34. The molecule has 0 bridgehead atoms. The molecule has 30 heavy (non-hydrogen) atoms. The van der Waals surface area contributed by atoms with Gasteiger partial charge in [-0.25, -0.2) is 18.7 Å². The summed E-state index contributed by atoms with van der Waals surface area (Å²) in [4.78, 5) is 15.5. The van der Waals surface area contributed by atoms with Crippen LogP contribution in [0.4, 0.5) is 14.6 Å². The molecule has 4 N–H and O–H groups in total. The molecule has 152 valence electrons. The molecule has 0 saturated carbocycles. The van der Waals surface area contributed by atoms with Crippen molar-refractivity contribution in [2.24, 2.45) is 16.5 Å². The Hall–Kier alpha value is -3.59. The lowest BCUT2D eigenvalue weighted by Gasteiger charge is -2.30. The van der Waals surface area contributed by atoms with Crippen LogP contribution in [0.1, 0.15) is 17.8 Å². The van der Waals surface area contributed by atoms with Crippen molar-refractivity contribution >= 4 is 17.7 Å². The fraction of sp³-hybridized carbons (Fsp3) is 0.190. The molecule has 0 radical (unpaired) electrons. The summed E-state index contributed by atoms with van der Waals surface area (Å²) in [6.07, 6.45) is 9.23. The van der Waals surface area contributed by atoms with E-state index in [0.717, 1.165) is 12.1 Å². The number of benzene rings is 1. The Morgan fingerprint density at radius 2 is 2.10 bits per heavy atom. The average molecular weight is 408 g/mol. The van der Waals surface area contributed by atoms with Gasteiger partial charge < -0.3 is 21.1 Å². The maximum atomic E-state index is 14.1. The van der Waals surface area contributed by atoms with Gasteiger partial charge in [-0.2, -0.15) is 0 Å². The van der Waals surface area contributed by atoms with Gasteiger partial charge in [-0.3, -0.25) is 4.99 Å². The van der Waals surface area contributed by atoms with Crippen LogP contribution < -0.4 is 21.1 Å². The van der Waals surface area contributed by atoms with Crippen LogP contribution in [0.5, 0.6) is 5.75 Å². The van der Waals surface area contributed by atoms with Gasteiger partial charge in [-0.1, -0.05) is 12.2 Å². The second-order valence-electron chi connectivity index (χ2n) is 7.30. The largest absolute Gasteiger partial charge is 0.450 e. The lowest BCUT2D eigenvalue weighted by atomic mass is 9.90. The Labute approximate surface area is 171 Å².